The second-order valence-corrected chi connectivity index (χ2v) is 10.9. The van der Waals surface area contributed by atoms with Crippen LogP contribution in [0.25, 0.3) is 20.4 Å². The number of anilines is 1. The van der Waals surface area contributed by atoms with E-state index in [1.807, 2.05) is 18.2 Å². The summed E-state index contributed by atoms with van der Waals surface area (Å²) in [5.74, 6) is -0.292. The second kappa shape index (κ2) is 7.69. The topological polar surface area (TPSA) is 92.3 Å². The maximum atomic E-state index is 13.0. The minimum Gasteiger partial charge on any atom is -0.326 e. The third-order valence-corrected chi connectivity index (χ3v) is 8.86. The third-order valence-electron chi connectivity index (χ3n) is 5.36. The van der Waals surface area contributed by atoms with E-state index in [-0.39, 0.29) is 16.7 Å². The van der Waals surface area contributed by atoms with Crippen molar-refractivity contribution in [3.05, 3.63) is 47.4 Å². The molecule has 2 aromatic carbocycles. The van der Waals surface area contributed by atoms with E-state index in [2.05, 4.69) is 15.3 Å². The van der Waals surface area contributed by atoms with Crippen molar-refractivity contribution in [3.8, 4) is 0 Å². The molecule has 5 rings (SSSR count). The molecule has 1 saturated heterocycles. The molecule has 0 unspecified atom stereocenters. The zero-order chi connectivity index (χ0) is 20.7. The summed E-state index contributed by atoms with van der Waals surface area (Å²) in [6.07, 6.45) is 0.986. The van der Waals surface area contributed by atoms with Crippen LogP contribution >= 0.6 is 22.7 Å². The number of sulfonamides is 1. The molecule has 3 heterocycles. The third kappa shape index (κ3) is 3.60. The Kier molecular flexibility index (Phi) is 5.02. The Morgan fingerprint density at radius 1 is 0.967 bits per heavy atom. The number of aromatic nitrogens is 2. The molecule has 0 spiro atoms. The molecule has 1 fully saturated rings. The molecule has 0 saturated carbocycles. The highest BCUT2D eigenvalue weighted by Crippen LogP contribution is 2.28. The van der Waals surface area contributed by atoms with Crippen molar-refractivity contribution in [2.45, 2.75) is 17.7 Å². The van der Waals surface area contributed by atoms with Crippen LogP contribution < -0.4 is 5.32 Å². The quantitative estimate of drug-likeness (QED) is 0.500. The van der Waals surface area contributed by atoms with Crippen LogP contribution in [0.15, 0.2) is 52.3 Å². The normalized spacial score (nSPS) is 16.3. The van der Waals surface area contributed by atoms with Gasteiger partial charge in [-0.1, -0.05) is 0 Å². The van der Waals surface area contributed by atoms with Gasteiger partial charge >= 0.3 is 0 Å². The van der Waals surface area contributed by atoms with E-state index in [9.17, 15) is 13.2 Å². The maximum absolute atomic E-state index is 13.0. The van der Waals surface area contributed by atoms with Gasteiger partial charge in [-0.05, 0) is 49.2 Å². The van der Waals surface area contributed by atoms with Crippen LogP contribution in [0.2, 0.25) is 0 Å². The summed E-state index contributed by atoms with van der Waals surface area (Å²) in [4.78, 5) is 21.4. The maximum Gasteiger partial charge on any atom is 0.243 e. The van der Waals surface area contributed by atoms with Gasteiger partial charge in [0.1, 0.15) is 0 Å². The predicted molar refractivity (Wildman–Crippen MR) is 119 cm³/mol. The van der Waals surface area contributed by atoms with Gasteiger partial charge in [-0.2, -0.15) is 4.31 Å². The number of amides is 1. The monoisotopic (exact) mass is 458 g/mol. The van der Waals surface area contributed by atoms with Gasteiger partial charge in [0.25, 0.3) is 0 Å². The van der Waals surface area contributed by atoms with E-state index >= 15 is 0 Å². The molecule has 7 nitrogen and oxygen atoms in total. The van der Waals surface area contributed by atoms with Crippen molar-refractivity contribution in [2.24, 2.45) is 5.92 Å². The number of hydrogen-bond acceptors (Lipinski definition) is 7. The molecule has 1 N–H and O–H groups in total. The predicted octanol–water partition coefficient (Wildman–Crippen LogP) is 3.95. The minimum absolute atomic E-state index is 0.0762. The van der Waals surface area contributed by atoms with Crippen LogP contribution in [0.3, 0.4) is 0 Å². The van der Waals surface area contributed by atoms with E-state index in [0.29, 0.717) is 31.6 Å². The molecule has 0 atom stereocenters. The number of nitrogens with one attached hydrogen (secondary N) is 1. The van der Waals surface area contributed by atoms with Crippen molar-refractivity contribution in [1.82, 2.24) is 14.3 Å². The molecular formula is C20H18N4O3S3. The fraction of sp³-hybridized carbons (Fsp3) is 0.250. The molecular weight excluding hydrogens is 440 g/mol. The van der Waals surface area contributed by atoms with Gasteiger partial charge in [-0.25, -0.2) is 18.4 Å². The molecule has 1 aliphatic rings. The molecule has 1 aliphatic heterocycles. The van der Waals surface area contributed by atoms with E-state index in [4.69, 9.17) is 0 Å². The van der Waals surface area contributed by atoms with E-state index in [1.165, 1.54) is 15.6 Å². The van der Waals surface area contributed by atoms with Crippen LogP contribution in [-0.2, 0) is 14.8 Å². The Bertz CT molecular complexity index is 1340. The second-order valence-electron chi connectivity index (χ2n) is 7.18. The van der Waals surface area contributed by atoms with Gasteiger partial charge in [0.2, 0.25) is 15.9 Å². The molecule has 0 aliphatic carbocycles. The van der Waals surface area contributed by atoms with Gasteiger partial charge < -0.3 is 5.32 Å². The minimum atomic E-state index is -3.58. The molecule has 30 heavy (non-hydrogen) atoms. The standard InChI is InChI=1S/C20H18N4O3S3/c25-20(23-14-1-4-18-17(9-14)22-12-28-18)13-5-7-24(8-6-13)30(26,27)15-2-3-16-19(10-15)29-11-21-16/h1-4,9-13H,5-8H2,(H,23,25). The zero-order valence-corrected chi connectivity index (χ0v) is 18.3. The summed E-state index contributed by atoms with van der Waals surface area (Å²) < 4.78 is 29.4. The van der Waals surface area contributed by atoms with E-state index < -0.39 is 10.0 Å². The van der Waals surface area contributed by atoms with Crippen molar-refractivity contribution >= 4 is 64.7 Å². The first-order valence-corrected chi connectivity index (χ1v) is 12.7. The molecule has 1 amide bonds. The van der Waals surface area contributed by atoms with Crippen molar-refractivity contribution in [1.29, 1.82) is 0 Å². The largest absolute Gasteiger partial charge is 0.326 e. The van der Waals surface area contributed by atoms with Crippen molar-refractivity contribution in [3.63, 3.8) is 0 Å². The smallest absolute Gasteiger partial charge is 0.243 e. The molecule has 154 valence electrons. The zero-order valence-electron chi connectivity index (χ0n) is 15.8. The molecule has 2 aromatic heterocycles. The van der Waals surface area contributed by atoms with Crippen LogP contribution in [-0.4, -0.2) is 41.7 Å². The average Bonchev–Trinajstić information content (AvgIpc) is 3.42. The van der Waals surface area contributed by atoms with Gasteiger partial charge in [0.05, 0.1) is 36.3 Å². The first kappa shape index (κ1) is 19.6. The first-order valence-electron chi connectivity index (χ1n) is 9.48. The van der Waals surface area contributed by atoms with Crippen LogP contribution in [0.1, 0.15) is 12.8 Å². The van der Waals surface area contributed by atoms with Gasteiger partial charge in [0, 0.05) is 24.7 Å². The van der Waals surface area contributed by atoms with Crippen LogP contribution in [0.4, 0.5) is 5.69 Å². The lowest BCUT2D eigenvalue weighted by Crippen LogP contribution is -2.41. The summed E-state index contributed by atoms with van der Waals surface area (Å²) in [6.45, 7) is 0.651. The van der Waals surface area contributed by atoms with Crippen LogP contribution in [0, 0.1) is 5.92 Å². The number of nitrogens with zero attached hydrogens (tertiary/aromatic N) is 3. The Hall–Kier alpha value is -2.40. The Balaban J connectivity index is 1.25. The summed E-state index contributed by atoms with van der Waals surface area (Å²) >= 11 is 2.98. The fourth-order valence-corrected chi connectivity index (χ4v) is 6.63. The first-order chi connectivity index (χ1) is 14.5. The lowest BCUT2D eigenvalue weighted by molar-refractivity contribution is -0.120. The lowest BCUT2D eigenvalue weighted by atomic mass is 9.97. The SMILES string of the molecule is O=C(Nc1ccc2scnc2c1)C1CCN(S(=O)(=O)c2ccc3ncsc3c2)CC1. The molecule has 0 radical (unpaired) electrons. The molecule has 10 heteroatoms. The fourth-order valence-electron chi connectivity index (χ4n) is 3.68. The van der Waals surface area contributed by atoms with Gasteiger partial charge in [-0.3, -0.25) is 4.79 Å². The highest BCUT2D eigenvalue weighted by Gasteiger charge is 2.32. The summed E-state index contributed by atoms with van der Waals surface area (Å²) in [7, 11) is -3.58. The van der Waals surface area contributed by atoms with Gasteiger partial charge in [-0.15, -0.1) is 22.7 Å². The molecule has 4 aromatic rings. The highest BCUT2D eigenvalue weighted by atomic mass is 32.2. The number of fused-ring (bicyclic) bond motifs is 2. The highest BCUT2D eigenvalue weighted by molar-refractivity contribution is 7.89. The number of carbonyl (C=O) groups is 1. The number of piperidine rings is 1. The van der Waals surface area contributed by atoms with Gasteiger partial charge in [0.15, 0.2) is 0 Å². The van der Waals surface area contributed by atoms with Crippen molar-refractivity contribution in [2.75, 3.05) is 18.4 Å². The van der Waals surface area contributed by atoms with E-state index in [1.54, 1.807) is 40.6 Å². The molecule has 0 bridgehead atoms. The number of hydrogen-bond donors (Lipinski definition) is 1. The summed E-state index contributed by atoms with van der Waals surface area (Å²) in [5, 5.41) is 2.95. The Morgan fingerprint density at radius 2 is 1.70 bits per heavy atom. The number of thiazole rings is 2. The van der Waals surface area contributed by atoms with E-state index in [0.717, 1.165) is 20.4 Å². The number of carbonyl (C=O) groups excluding carboxylic acids is 1. The summed E-state index contributed by atoms with van der Waals surface area (Å²) in [6, 6.07) is 10.7. The number of benzene rings is 2. The summed E-state index contributed by atoms with van der Waals surface area (Å²) in [5.41, 5.74) is 5.85. The van der Waals surface area contributed by atoms with Crippen LogP contribution in [0.5, 0.6) is 0 Å². The number of rotatable bonds is 4. The Morgan fingerprint density at radius 3 is 2.50 bits per heavy atom. The van der Waals surface area contributed by atoms with Crippen molar-refractivity contribution < 1.29 is 13.2 Å². The lowest BCUT2D eigenvalue weighted by Gasteiger charge is -2.30. The Labute approximate surface area is 181 Å². The average molecular weight is 459 g/mol.